The zero-order valence-corrected chi connectivity index (χ0v) is 15.1. The van der Waals surface area contributed by atoms with Crippen molar-refractivity contribution < 1.29 is 14.6 Å². The molecule has 3 aromatic rings. The minimum Gasteiger partial charge on any atom is -0.506 e. The zero-order valence-electron chi connectivity index (χ0n) is 15.1. The molecule has 26 heavy (non-hydrogen) atoms. The molecule has 3 rings (SSSR count). The van der Waals surface area contributed by atoms with Gasteiger partial charge in [0.1, 0.15) is 22.5 Å². The van der Waals surface area contributed by atoms with Gasteiger partial charge in [-0.15, -0.1) is 15.0 Å². The summed E-state index contributed by atoms with van der Waals surface area (Å²) in [5.41, 5.74) is 3.01. The Hall–Kier alpha value is -3.09. The summed E-state index contributed by atoms with van der Waals surface area (Å²) < 4.78 is 5.23. The van der Waals surface area contributed by atoms with Crippen molar-refractivity contribution in [2.24, 2.45) is 0 Å². The average Bonchev–Trinajstić information content (AvgIpc) is 3.04. The Morgan fingerprint density at radius 2 is 1.92 bits per heavy atom. The van der Waals surface area contributed by atoms with Crippen LogP contribution < -0.4 is 4.90 Å². The third-order valence-electron chi connectivity index (χ3n) is 4.04. The van der Waals surface area contributed by atoms with Crippen molar-refractivity contribution in [1.29, 1.82) is 0 Å². The van der Waals surface area contributed by atoms with Crippen molar-refractivity contribution in [3.05, 3.63) is 42.0 Å². The number of nitrogens with zero attached hydrogens (tertiary/aromatic N) is 4. The van der Waals surface area contributed by atoms with E-state index in [1.165, 1.54) is 4.80 Å². The lowest BCUT2D eigenvalue weighted by atomic mass is 10.2. The van der Waals surface area contributed by atoms with Crippen LogP contribution in [0.1, 0.15) is 30.1 Å². The van der Waals surface area contributed by atoms with Gasteiger partial charge in [0.25, 0.3) is 0 Å². The molecule has 0 bridgehead atoms. The molecule has 0 amide bonds. The highest BCUT2D eigenvalue weighted by Gasteiger charge is 2.13. The Morgan fingerprint density at radius 1 is 1.15 bits per heavy atom. The van der Waals surface area contributed by atoms with E-state index in [-0.39, 0.29) is 11.7 Å². The lowest BCUT2D eigenvalue weighted by Gasteiger charge is -2.14. The van der Waals surface area contributed by atoms with Crippen LogP contribution >= 0.6 is 0 Å². The van der Waals surface area contributed by atoms with Gasteiger partial charge < -0.3 is 14.7 Å². The van der Waals surface area contributed by atoms with E-state index in [9.17, 15) is 9.90 Å². The third-order valence-corrected chi connectivity index (χ3v) is 4.04. The van der Waals surface area contributed by atoms with E-state index in [1.807, 2.05) is 32.0 Å². The van der Waals surface area contributed by atoms with E-state index in [0.29, 0.717) is 28.9 Å². The van der Waals surface area contributed by atoms with Crippen molar-refractivity contribution in [2.75, 3.05) is 25.6 Å². The molecule has 1 aromatic heterocycles. The smallest absolute Gasteiger partial charge is 0.338 e. The number of hydrogen-bond donors (Lipinski definition) is 1. The molecule has 0 saturated heterocycles. The molecule has 1 heterocycles. The monoisotopic (exact) mass is 354 g/mol. The van der Waals surface area contributed by atoms with Crippen LogP contribution in [0.15, 0.2) is 36.4 Å². The number of hydrogen-bond acceptors (Lipinski definition) is 6. The summed E-state index contributed by atoms with van der Waals surface area (Å²) in [5, 5.41) is 19.0. The highest BCUT2D eigenvalue weighted by Crippen LogP contribution is 2.26. The van der Waals surface area contributed by atoms with E-state index in [0.717, 1.165) is 18.5 Å². The number of aromatic nitrogens is 3. The van der Waals surface area contributed by atoms with Crippen molar-refractivity contribution in [1.82, 2.24) is 15.0 Å². The molecule has 0 unspecified atom stereocenters. The molecule has 0 saturated carbocycles. The number of aromatic hydroxyl groups is 1. The molecular weight excluding hydrogens is 332 g/mol. The molecule has 2 aromatic carbocycles. The number of carbonyl (C=O) groups is 1. The summed E-state index contributed by atoms with van der Waals surface area (Å²) in [6.07, 6.45) is 1.81. The van der Waals surface area contributed by atoms with Gasteiger partial charge >= 0.3 is 5.97 Å². The topological polar surface area (TPSA) is 80.5 Å². The fourth-order valence-electron chi connectivity index (χ4n) is 2.49. The summed E-state index contributed by atoms with van der Waals surface area (Å²) in [7, 11) is 3.83. The minimum atomic E-state index is -0.368. The van der Waals surface area contributed by atoms with Crippen LogP contribution in [-0.4, -0.2) is 46.8 Å². The van der Waals surface area contributed by atoms with Crippen LogP contribution in [0.5, 0.6) is 5.75 Å². The second-order valence-corrected chi connectivity index (χ2v) is 6.25. The van der Waals surface area contributed by atoms with Gasteiger partial charge in [0.2, 0.25) is 0 Å². The average molecular weight is 354 g/mol. The Morgan fingerprint density at radius 3 is 2.65 bits per heavy atom. The number of ether oxygens (including phenoxy) is 1. The molecule has 7 nitrogen and oxygen atoms in total. The molecule has 0 aliphatic rings. The minimum absolute atomic E-state index is 0.0788. The number of phenolic OH excluding ortho intramolecular Hbond substituents is 1. The van der Waals surface area contributed by atoms with Gasteiger partial charge in [0, 0.05) is 19.8 Å². The molecule has 0 aliphatic carbocycles. The fourth-order valence-corrected chi connectivity index (χ4v) is 2.49. The van der Waals surface area contributed by atoms with Crippen LogP contribution in [0.3, 0.4) is 0 Å². The molecule has 136 valence electrons. The van der Waals surface area contributed by atoms with Crippen LogP contribution in [0.4, 0.5) is 5.69 Å². The van der Waals surface area contributed by atoms with Gasteiger partial charge in [-0.1, -0.05) is 13.3 Å². The van der Waals surface area contributed by atoms with Crippen molar-refractivity contribution in [3.8, 4) is 11.4 Å². The molecule has 0 radical (unpaired) electrons. The maximum atomic E-state index is 12.1. The van der Waals surface area contributed by atoms with Gasteiger partial charge in [-0.25, -0.2) is 4.79 Å². The highest BCUT2D eigenvalue weighted by atomic mass is 16.5. The third kappa shape index (κ3) is 3.61. The number of benzene rings is 2. The predicted octanol–water partition coefficient (Wildman–Crippen LogP) is 3.15. The summed E-state index contributed by atoms with van der Waals surface area (Å²) in [5.74, 6) is -0.289. The molecule has 7 heteroatoms. The van der Waals surface area contributed by atoms with Crippen molar-refractivity contribution >= 4 is 22.7 Å². The maximum absolute atomic E-state index is 12.1. The lowest BCUT2D eigenvalue weighted by Crippen LogP contribution is -2.09. The first-order valence-corrected chi connectivity index (χ1v) is 8.54. The standard InChI is InChI=1S/C19H22N4O3/c1-4-5-10-26-19(25)13-6-8-15-16(11-13)21-23(20-15)17-12-14(22(2)3)7-9-18(17)24/h6-9,11-12,24H,4-5,10H2,1-3H3. The van der Waals surface area contributed by atoms with Gasteiger partial charge in [0.15, 0.2) is 0 Å². The normalized spacial score (nSPS) is 10.9. The van der Waals surface area contributed by atoms with E-state index in [2.05, 4.69) is 10.2 Å². The lowest BCUT2D eigenvalue weighted by molar-refractivity contribution is 0.0500. The molecule has 0 aliphatic heterocycles. The van der Waals surface area contributed by atoms with Crippen molar-refractivity contribution in [2.45, 2.75) is 19.8 Å². The number of rotatable bonds is 6. The molecular formula is C19H22N4O3. The largest absolute Gasteiger partial charge is 0.506 e. The second-order valence-electron chi connectivity index (χ2n) is 6.25. The number of anilines is 1. The van der Waals surface area contributed by atoms with Gasteiger partial charge in [-0.3, -0.25) is 0 Å². The first-order valence-electron chi connectivity index (χ1n) is 8.54. The van der Waals surface area contributed by atoms with Crippen LogP contribution in [0, 0.1) is 0 Å². The summed E-state index contributed by atoms with van der Waals surface area (Å²) in [6, 6.07) is 10.3. The van der Waals surface area contributed by atoms with Gasteiger partial charge in [-0.05, 0) is 42.8 Å². The quantitative estimate of drug-likeness (QED) is 0.541. The first-order chi connectivity index (χ1) is 12.5. The second kappa shape index (κ2) is 7.43. The van der Waals surface area contributed by atoms with Crippen LogP contribution in [0.2, 0.25) is 0 Å². The number of fused-ring (bicyclic) bond motifs is 1. The zero-order chi connectivity index (χ0) is 18.7. The number of esters is 1. The fraction of sp³-hybridized carbons (Fsp3) is 0.316. The summed E-state index contributed by atoms with van der Waals surface area (Å²) >= 11 is 0. The maximum Gasteiger partial charge on any atom is 0.338 e. The van der Waals surface area contributed by atoms with Crippen LogP contribution in [-0.2, 0) is 4.74 Å². The van der Waals surface area contributed by atoms with Crippen LogP contribution in [0.25, 0.3) is 16.7 Å². The Kier molecular flexibility index (Phi) is 5.06. The van der Waals surface area contributed by atoms with Gasteiger partial charge in [0.05, 0.1) is 12.2 Å². The van der Waals surface area contributed by atoms with E-state index in [1.54, 1.807) is 30.3 Å². The number of unbranched alkanes of at least 4 members (excludes halogenated alkanes) is 1. The Balaban J connectivity index is 1.93. The number of phenols is 1. The molecule has 0 fully saturated rings. The molecule has 0 spiro atoms. The molecule has 0 atom stereocenters. The van der Waals surface area contributed by atoms with E-state index >= 15 is 0 Å². The van der Waals surface area contributed by atoms with Gasteiger partial charge in [-0.2, -0.15) is 0 Å². The van der Waals surface area contributed by atoms with Crippen molar-refractivity contribution in [3.63, 3.8) is 0 Å². The summed E-state index contributed by atoms with van der Waals surface area (Å²) in [4.78, 5) is 15.4. The number of carbonyl (C=O) groups excluding carboxylic acids is 1. The predicted molar refractivity (Wildman–Crippen MR) is 100 cm³/mol. The SMILES string of the molecule is CCCCOC(=O)c1ccc2nn(-c3cc(N(C)C)ccc3O)nc2c1. The Bertz CT molecular complexity index is 934. The highest BCUT2D eigenvalue weighted by molar-refractivity contribution is 5.93. The summed E-state index contributed by atoms with van der Waals surface area (Å²) in [6.45, 7) is 2.45. The Labute approximate surface area is 151 Å². The first kappa shape index (κ1) is 17.7. The van der Waals surface area contributed by atoms with E-state index in [4.69, 9.17) is 4.74 Å². The van der Waals surface area contributed by atoms with E-state index < -0.39 is 0 Å². The molecule has 1 N–H and O–H groups in total.